The van der Waals surface area contributed by atoms with Gasteiger partial charge in [-0.15, -0.1) is 11.3 Å². The van der Waals surface area contributed by atoms with E-state index in [0.29, 0.717) is 17.0 Å². The Balaban J connectivity index is 1.65. The standard InChI is InChI=1S/C24H18N4OS/c1-13-26-12-21(30-13)22-17(15-6-7-20-16(9-15)3-2-8-25-20)10-18-23(29)19(14-4-5-14)11-27-24(18)28-22/h2-3,6-12,14H,4-5H2,1H3,(H,27,28,29). The van der Waals surface area contributed by atoms with E-state index in [1.54, 1.807) is 17.5 Å². The minimum Gasteiger partial charge on any atom is -0.346 e. The molecule has 5 nitrogen and oxygen atoms in total. The molecule has 1 aliphatic carbocycles. The maximum Gasteiger partial charge on any atom is 0.194 e. The van der Waals surface area contributed by atoms with Gasteiger partial charge in [-0.05, 0) is 55.5 Å². The van der Waals surface area contributed by atoms with Gasteiger partial charge in [-0.1, -0.05) is 12.1 Å². The first-order valence-electron chi connectivity index (χ1n) is 10.0. The van der Waals surface area contributed by atoms with Crippen LogP contribution < -0.4 is 5.43 Å². The number of aromatic amines is 1. The van der Waals surface area contributed by atoms with Gasteiger partial charge in [0.05, 0.1) is 26.5 Å². The van der Waals surface area contributed by atoms with E-state index < -0.39 is 0 Å². The molecule has 0 atom stereocenters. The molecule has 0 radical (unpaired) electrons. The van der Waals surface area contributed by atoms with Crippen LogP contribution in [0.5, 0.6) is 0 Å². The molecule has 5 aromatic rings. The summed E-state index contributed by atoms with van der Waals surface area (Å²) in [6, 6.07) is 12.2. The normalized spacial score (nSPS) is 13.9. The highest BCUT2D eigenvalue weighted by Gasteiger charge is 2.27. The van der Waals surface area contributed by atoms with Crippen LogP contribution in [0.25, 0.3) is 43.6 Å². The zero-order valence-corrected chi connectivity index (χ0v) is 17.2. The second-order valence-corrected chi connectivity index (χ2v) is 9.02. The third-order valence-electron chi connectivity index (χ3n) is 5.68. The van der Waals surface area contributed by atoms with E-state index in [1.165, 1.54) is 0 Å². The number of nitrogens with zero attached hydrogens (tertiary/aromatic N) is 3. The fourth-order valence-corrected chi connectivity index (χ4v) is 4.76. The summed E-state index contributed by atoms with van der Waals surface area (Å²) in [5.74, 6) is 0.386. The quantitative estimate of drug-likeness (QED) is 0.429. The van der Waals surface area contributed by atoms with Crippen LogP contribution in [0, 0.1) is 6.92 Å². The fourth-order valence-electron chi connectivity index (χ4n) is 3.98. The SMILES string of the molecule is Cc1ncc(-c2nc3[nH]cc(C4CC4)c(=O)c3cc2-c2ccc3ncccc3c2)s1. The number of rotatable bonds is 3. The lowest BCUT2D eigenvalue weighted by atomic mass is 9.99. The van der Waals surface area contributed by atoms with Gasteiger partial charge in [0.1, 0.15) is 5.65 Å². The molecular formula is C24H18N4OS. The molecule has 6 heteroatoms. The van der Waals surface area contributed by atoms with Crippen LogP contribution in [0.4, 0.5) is 0 Å². The molecule has 1 aromatic carbocycles. The molecule has 30 heavy (non-hydrogen) atoms. The molecule has 4 aromatic heterocycles. The first kappa shape index (κ1) is 17.5. The molecule has 0 saturated heterocycles. The van der Waals surface area contributed by atoms with Crippen molar-refractivity contribution in [2.24, 2.45) is 0 Å². The monoisotopic (exact) mass is 410 g/mol. The summed E-state index contributed by atoms with van der Waals surface area (Å²) in [4.78, 5) is 31.2. The maximum atomic E-state index is 13.2. The number of pyridine rings is 3. The number of H-pyrrole nitrogens is 1. The lowest BCUT2D eigenvalue weighted by Crippen LogP contribution is -2.10. The molecule has 0 aliphatic heterocycles. The summed E-state index contributed by atoms with van der Waals surface area (Å²) >= 11 is 1.61. The predicted molar refractivity (Wildman–Crippen MR) is 121 cm³/mol. The summed E-state index contributed by atoms with van der Waals surface area (Å²) in [7, 11) is 0. The van der Waals surface area contributed by atoms with Gasteiger partial charge < -0.3 is 4.98 Å². The Morgan fingerprint density at radius 3 is 2.83 bits per heavy atom. The first-order chi connectivity index (χ1) is 14.7. The van der Waals surface area contributed by atoms with Gasteiger partial charge in [0, 0.05) is 35.1 Å². The van der Waals surface area contributed by atoms with Crippen LogP contribution in [0.15, 0.2) is 59.8 Å². The topological polar surface area (TPSA) is 71.5 Å². The van der Waals surface area contributed by atoms with Crippen molar-refractivity contribution in [3.05, 3.63) is 75.8 Å². The highest BCUT2D eigenvalue weighted by Crippen LogP contribution is 2.40. The number of fused-ring (bicyclic) bond motifs is 2. The molecule has 1 fully saturated rings. The van der Waals surface area contributed by atoms with Crippen molar-refractivity contribution in [3.8, 4) is 21.7 Å². The average molecular weight is 411 g/mol. The summed E-state index contributed by atoms with van der Waals surface area (Å²) < 4.78 is 0. The summed E-state index contributed by atoms with van der Waals surface area (Å²) in [5.41, 5.74) is 5.33. The summed E-state index contributed by atoms with van der Waals surface area (Å²) in [6.07, 6.45) is 7.68. The van der Waals surface area contributed by atoms with Gasteiger partial charge in [0.15, 0.2) is 5.43 Å². The summed E-state index contributed by atoms with van der Waals surface area (Å²) in [5, 5.41) is 2.69. The third-order valence-corrected chi connectivity index (χ3v) is 6.60. The van der Waals surface area contributed by atoms with Crippen LogP contribution in [-0.2, 0) is 0 Å². The van der Waals surface area contributed by atoms with Crippen LogP contribution in [-0.4, -0.2) is 19.9 Å². The minimum absolute atomic E-state index is 0.0921. The van der Waals surface area contributed by atoms with Gasteiger partial charge >= 0.3 is 0 Å². The van der Waals surface area contributed by atoms with Crippen molar-refractivity contribution in [1.29, 1.82) is 0 Å². The highest BCUT2D eigenvalue weighted by atomic mass is 32.1. The number of aryl methyl sites for hydroxylation is 1. The van der Waals surface area contributed by atoms with Crippen molar-refractivity contribution in [3.63, 3.8) is 0 Å². The Morgan fingerprint density at radius 2 is 2.03 bits per heavy atom. The highest BCUT2D eigenvalue weighted by molar-refractivity contribution is 7.15. The predicted octanol–water partition coefficient (Wildman–Crippen LogP) is 5.45. The largest absolute Gasteiger partial charge is 0.346 e. The van der Waals surface area contributed by atoms with Crippen molar-refractivity contribution in [2.45, 2.75) is 25.7 Å². The molecule has 1 aliphatic rings. The third kappa shape index (κ3) is 2.83. The minimum atomic E-state index is 0.0921. The van der Waals surface area contributed by atoms with Gasteiger partial charge in [-0.25, -0.2) is 9.97 Å². The van der Waals surface area contributed by atoms with E-state index >= 15 is 0 Å². The Morgan fingerprint density at radius 1 is 1.13 bits per heavy atom. The van der Waals surface area contributed by atoms with Crippen molar-refractivity contribution in [1.82, 2.24) is 19.9 Å². The molecule has 1 N–H and O–H groups in total. The Bertz CT molecular complexity index is 1500. The van der Waals surface area contributed by atoms with Gasteiger partial charge in [0.25, 0.3) is 0 Å². The van der Waals surface area contributed by atoms with Crippen molar-refractivity contribution >= 4 is 33.3 Å². The second kappa shape index (κ2) is 6.57. The van der Waals surface area contributed by atoms with Crippen LogP contribution in [0.1, 0.15) is 29.3 Å². The Kier molecular flexibility index (Phi) is 3.83. The molecular weight excluding hydrogens is 392 g/mol. The van der Waals surface area contributed by atoms with Gasteiger partial charge in [0.2, 0.25) is 0 Å². The lowest BCUT2D eigenvalue weighted by molar-refractivity contribution is 1.08. The van der Waals surface area contributed by atoms with E-state index in [9.17, 15) is 4.79 Å². The molecule has 0 spiro atoms. The number of nitrogens with one attached hydrogen (secondary N) is 1. The fraction of sp³-hybridized carbons (Fsp3) is 0.167. The Labute approximate surface area is 176 Å². The molecule has 0 amide bonds. The molecule has 4 heterocycles. The van der Waals surface area contributed by atoms with E-state index in [4.69, 9.17) is 4.98 Å². The molecule has 1 saturated carbocycles. The van der Waals surface area contributed by atoms with E-state index in [2.05, 4.69) is 33.2 Å². The number of benzene rings is 1. The van der Waals surface area contributed by atoms with E-state index in [1.807, 2.05) is 37.5 Å². The first-order valence-corrected chi connectivity index (χ1v) is 10.8. The number of thiazole rings is 1. The average Bonchev–Trinajstić information content (AvgIpc) is 3.52. The van der Waals surface area contributed by atoms with Gasteiger partial charge in [-0.2, -0.15) is 0 Å². The zero-order valence-electron chi connectivity index (χ0n) is 16.3. The van der Waals surface area contributed by atoms with E-state index in [0.717, 1.165) is 56.0 Å². The van der Waals surface area contributed by atoms with Crippen LogP contribution in [0.2, 0.25) is 0 Å². The number of hydrogen-bond acceptors (Lipinski definition) is 5. The summed E-state index contributed by atoms with van der Waals surface area (Å²) in [6.45, 7) is 1.99. The van der Waals surface area contributed by atoms with Gasteiger partial charge in [-0.3, -0.25) is 9.78 Å². The van der Waals surface area contributed by atoms with Crippen LogP contribution in [0.3, 0.4) is 0 Å². The molecule has 6 rings (SSSR count). The maximum absolute atomic E-state index is 13.2. The molecule has 0 bridgehead atoms. The van der Waals surface area contributed by atoms with Crippen LogP contribution >= 0.6 is 11.3 Å². The molecule has 0 unspecified atom stereocenters. The molecule has 146 valence electrons. The number of hydrogen-bond donors (Lipinski definition) is 1. The number of aromatic nitrogens is 4. The van der Waals surface area contributed by atoms with Crippen molar-refractivity contribution in [2.75, 3.05) is 0 Å². The van der Waals surface area contributed by atoms with Crippen molar-refractivity contribution < 1.29 is 0 Å². The smallest absolute Gasteiger partial charge is 0.194 e. The Hall–Kier alpha value is -3.38. The second-order valence-electron chi connectivity index (χ2n) is 7.78. The van der Waals surface area contributed by atoms with E-state index in [-0.39, 0.29) is 5.43 Å². The zero-order chi connectivity index (χ0) is 20.2. The lowest BCUT2D eigenvalue weighted by Gasteiger charge is -2.11.